The average Bonchev–Trinajstić information content (AvgIpc) is 3.13. The van der Waals surface area contributed by atoms with Gasteiger partial charge < -0.3 is 19.5 Å². The summed E-state index contributed by atoms with van der Waals surface area (Å²) in [6.45, 7) is 4.66. The second-order valence-corrected chi connectivity index (χ2v) is 8.52. The summed E-state index contributed by atoms with van der Waals surface area (Å²) in [5.41, 5.74) is 3.15. The number of Topliss-reactive ketones (excluding diaryl/α,β-unsaturated/α-hetero) is 1. The first-order valence-corrected chi connectivity index (χ1v) is 11.6. The number of aliphatic hydroxyl groups excluding tert-OH is 1. The van der Waals surface area contributed by atoms with Crippen LogP contribution in [0.4, 0.5) is 0 Å². The van der Waals surface area contributed by atoms with E-state index in [-0.39, 0.29) is 11.3 Å². The molecular weight excluding hydrogens is 442 g/mol. The van der Waals surface area contributed by atoms with Crippen molar-refractivity contribution in [1.82, 2.24) is 4.90 Å². The number of likely N-dealkylation sites (tertiary alicyclic amines) is 1. The molecule has 0 spiro atoms. The van der Waals surface area contributed by atoms with E-state index in [1.807, 2.05) is 56.3 Å². The van der Waals surface area contributed by atoms with Crippen molar-refractivity contribution >= 4 is 17.4 Å². The molecule has 0 aromatic heterocycles. The van der Waals surface area contributed by atoms with Crippen LogP contribution in [0.25, 0.3) is 5.76 Å². The van der Waals surface area contributed by atoms with Crippen LogP contribution in [0.2, 0.25) is 0 Å². The Morgan fingerprint density at radius 1 is 1.00 bits per heavy atom. The highest BCUT2D eigenvalue weighted by Gasteiger charge is 2.45. The molecule has 0 aliphatic carbocycles. The lowest BCUT2D eigenvalue weighted by Gasteiger charge is -2.25. The Morgan fingerprint density at radius 3 is 2.34 bits per heavy atom. The van der Waals surface area contributed by atoms with E-state index in [2.05, 4.69) is 0 Å². The molecule has 1 amide bonds. The summed E-state index contributed by atoms with van der Waals surface area (Å²) in [5, 5.41) is 11.3. The summed E-state index contributed by atoms with van der Waals surface area (Å²) < 4.78 is 11.2. The smallest absolute Gasteiger partial charge is 0.295 e. The maximum atomic E-state index is 13.1. The predicted molar refractivity (Wildman–Crippen MR) is 134 cm³/mol. The highest BCUT2D eigenvalue weighted by atomic mass is 16.5. The van der Waals surface area contributed by atoms with E-state index in [4.69, 9.17) is 9.47 Å². The standard InChI is InChI=1S/C29H29NO5/c1-4-16-30-26(21-10-13-23(34-3)14-11-21)25(28(32)29(30)33)27(31)22-12-15-24(19(2)17-22)35-18-20-8-6-5-7-9-20/h5-15,17,26,31H,4,16,18H2,1-3H3/b27-25-. The largest absolute Gasteiger partial charge is 0.507 e. The molecule has 1 N–H and O–H groups in total. The van der Waals surface area contributed by atoms with Gasteiger partial charge in [0, 0.05) is 12.1 Å². The molecule has 180 valence electrons. The Morgan fingerprint density at radius 2 is 1.71 bits per heavy atom. The normalized spacial score (nSPS) is 17.0. The van der Waals surface area contributed by atoms with Crippen LogP contribution in [0, 0.1) is 6.92 Å². The number of rotatable bonds is 8. The number of carbonyl (C=O) groups excluding carboxylic acids is 2. The van der Waals surface area contributed by atoms with E-state index >= 15 is 0 Å². The van der Waals surface area contributed by atoms with Crippen LogP contribution < -0.4 is 9.47 Å². The third-order valence-electron chi connectivity index (χ3n) is 6.12. The number of benzene rings is 3. The van der Waals surface area contributed by atoms with Crippen molar-refractivity contribution in [3.05, 3.63) is 101 Å². The summed E-state index contributed by atoms with van der Waals surface area (Å²) >= 11 is 0. The summed E-state index contributed by atoms with van der Waals surface area (Å²) in [4.78, 5) is 27.5. The number of hydrogen-bond donors (Lipinski definition) is 1. The number of methoxy groups -OCH3 is 1. The summed E-state index contributed by atoms with van der Waals surface area (Å²) in [6.07, 6.45) is 0.687. The summed E-state index contributed by atoms with van der Waals surface area (Å²) in [6, 6.07) is 21.6. The first kappa shape index (κ1) is 24.1. The van der Waals surface area contributed by atoms with Gasteiger partial charge in [0.1, 0.15) is 23.9 Å². The SMILES string of the molecule is CCCN1C(=O)C(=O)/C(=C(\O)c2ccc(OCc3ccccc3)c(C)c2)C1c1ccc(OC)cc1. The molecule has 4 rings (SSSR count). The van der Waals surface area contributed by atoms with Crippen molar-refractivity contribution in [2.75, 3.05) is 13.7 Å². The van der Waals surface area contributed by atoms with Crippen LogP contribution in [0.5, 0.6) is 11.5 Å². The van der Waals surface area contributed by atoms with Gasteiger partial charge in [-0.25, -0.2) is 0 Å². The minimum Gasteiger partial charge on any atom is -0.507 e. The molecule has 1 fully saturated rings. The fourth-order valence-electron chi connectivity index (χ4n) is 4.33. The zero-order chi connectivity index (χ0) is 24.9. The fourth-order valence-corrected chi connectivity index (χ4v) is 4.33. The second-order valence-electron chi connectivity index (χ2n) is 8.52. The van der Waals surface area contributed by atoms with Gasteiger partial charge in [-0.1, -0.05) is 49.4 Å². The number of amides is 1. The van der Waals surface area contributed by atoms with E-state index in [0.29, 0.717) is 36.6 Å². The van der Waals surface area contributed by atoms with Crippen molar-refractivity contribution in [1.29, 1.82) is 0 Å². The third kappa shape index (κ3) is 4.92. The van der Waals surface area contributed by atoms with E-state index < -0.39 is 17.7 Å². The molecule has 1 aliphatic rings. The van der Waals surface area contributed by atoms with Gasteiger partial charge in [0.25, 0.3) is 11.7 Å². The van der Waals surface area contributed by atoms with Gasteiger partial charge >= 0.3 is 0 Å². The van der Waals surface area contributed by atoms with Gasteiger partial charge in [0.15, 0.2) is 0 Å². The van der Waals surface area contributed by atoms with Crippen LogP contribution in [0.1, 0.15) is 41.6 Å². The lowest BCUT2D eigenvalue weighted by Crippen LogP contribution is -2.30. The Hall–Kier alpha value is -4.06. The first-order chi connectivity index (χ1) is 16.9. The van der Waals surface area contributed by atoms with Gasteiger partial charge in [-0.2, -0.15) is 0 Å². The Bertz CT molecular complexity index is 1250. The number of ether oxygens (including phenoxy) is 2. The van der Waals surface area contributed by atoms with Crippen LogP contribution in [-0.2, 0) is 16.2 Å². The molecule has 0 bridgehead atoms. The molecule has 1 atom stereocenters. The Kier molecular flexibility index (Phi) is 7.20. The minimum atomic E-state index is -0.682. The maximum Gasteiger partial charge on any atom is 0.295 e. The van der Waals surface area contributed by atoms with Crippen molar-refractivity contribution in [2.45, 2.75) is 32.9 Å². The number of ketones is 1. The van der Waals surface area contributed by atoms with Crippen LogP contribution >= 0.6 is 0 Å². The molecule has 1 heterocycles. The van der Waals surface area contributed by atoms with Gasteiger partial charge in [0.05, 0.1) is 18.7 Å². The van der Waals surface area contributed by atoms with Gasteiger partial charge in [-0.05, 0) is 60.4 Å². The van der Waals surface area contributed by atoms with Crippen LogP contribution in [-0.4, -0.2) is 35.4 Å². The number of aliphatic hydroxyl groups is 1. The molecule has 1 saturated heterocycles. The maximum absolute atomic E-state index is 13.1. The minimum absolute atomic E-state index is 0.0889. The van der Waals surface area contributed by atoms with E-state index in [9.17, 15) is 14.7 Å². The molecule has 3 aromatic carbocycles. The highest BCUT2D eigenvalue weighted by molar-refractivity contribution is 6.46. The van der Waals surface area contributed by atoms with Crippen molar-refractivity contribution in [2.24, 2.45) is 0 Å². The number of aryl methyl sites for hydroxylation is 1. The quantitative estimate of drug-likeness (QED) is 0.270. The molecule has 35 heavy (non-hydrogen) atoms. The zero-order valence-electron chi connectivity index (χ0n) is 20.2. The molecule has 1 unspecified atom stereocenters. The predicted octanol–water partition coefficient (Wildman–Crippen LogP) is 5.41. The van der Waals surface area contributed by atoms with E-state index in [1.54, 1.807) is 37.4 Å². The van der Waals surface area contributed by atoms with Gasteiger partial charge in [-0.15, -0.1) is 0 Å². The highest BCUT2D eigenvalue weighted by Crippen LogP contribution is 2.40. The molecule has 1 aliphatic heterocycles. The lowest BCUT2D eigenvalue weighted by atomic mass is 9.94. The zero-order valence-corrected chi connectivity index (χ0v) is 20.2. The number of nitrogens with zero attached hydrogens (tertiary/aromatic N) is 1. The lowest BCUT2D eigenvalue weighted by molar-refractivity contribution is -0.139. The molecule has 0 radical (unpaired) electrons. The molecular formula is C29H29NO5. The van der Waals surface area contributed by atoms with Gasteiger partial charge in [-0.3, -0.25) is 9.59 Å². The first-order valence-electron chi connectivity index (χ1n) is 11.6. The number of hydrogen-bond acceptors (Lipinski definition) is 5. The Balaban J connectivity index is 1.69. The molecule has 0 saturated carbocycles. The second kappa shape index (κ2) is 10.5. The molecule has 3 aromatic rings. The molecule has 6 heteroatoms. The van der Waals surface area contributed by atoms with Crippen LogP contribution in [0.15, 0.2) is 78.4 Å². The Labute approximate surface area is 205 Å². The monoisotopic (exact) mass is 471 g/mol. The van der Waals surface area contributed by atoms with Crippen molar-refractivity contribution in [3.8, 4) is 11.5 Å². The van der Waals surface area contributed by atoms with Gasteiger partial charge in [0.2, 0.25) is 0 Å². The van der Waals surface area contributed by atoms with Crippen LogP contribution in [0.3, 0.4) is 0 Å². The summed E-state index contributed by atoms with van der Waals surface area (Å²) in [7, 11) is 1.58. The fraction of sp³-hybridized carbons (Fsp3) is 0.241. The topological polar surface area (TPSA) is 76.1 Å². The number of carbonyl (C=O) groups is 2. The van der Waals surface area contributed by atoms with Crippen molar-refractivity contribution in [3.63, 3.8) is 0 Å². The molecule has 6 nitrogen and oxygen atoms in total. The van der Waals surface area contributed by atoms with E-state index in [1.165, 1.54) is 4.90 Å². The van der Waals surface area contributed by atoms with E-state index in [0.717, 1.165) is 16.7 Å². The summed E-state index contributed by atoms with van der Waals surface area (Å²) in [5.74, 6) is -0.125. The third-order valence-corrected chi connectivity index (χ3v) is 6.12. The van der Waals surface area contributed by atoms with Crippen molar-refractivity contribution < 1.29 is 24.2 Å². The average molecular weight is 472 g/mol.